The lowest BCUT2D eigenvalue weighted by molar-refractivity contribution is 0.0831. The highest BCUT2D eigenvalue weighted by Crippen LogP contribution is 2.10. The smallest absolute Gasteiger partial charge is 0.212 e. The third-order valence-electron chi connectivity index (χ3n) is 2.89. The summed E-state index contributed by atoms with van der Waals surface area (Å²) in [6.45, 7) is 2.99. The van der Waals surface area contributed by atoms with Gasteiger partial charge in [0.05, 0.1) is 5.75 Å². The van der Waals surface area contributed by atoms with Gasteiger partial charge in [-0.1, -0.05) is 0 Å². The lowest BCUT2D eigenvalue weighted by atomic mass is 10.1. The Balaban J connectivity index is 1.80. The van der Waals surface area contributed by atoms with Crippen LogP contribution in [0.25, 0.3) is 0 Å². The largest absolute Gasteiger partial charge is 0.381 e. The first-order chi connectivity index (χ1) is 7.16. The van der Waals surface area contributed by atoms with E-state index in [9.17, 15) is 8.42 Å². The van der Waals surface area contributed by atoms with Crippen LogP contribution in [-0.4, -0.2) is 46.5 Å². The molecule has 15 heavy (non-hydrogen) atoms. The van der Waals surface area contributed by atoms with E-state index in [1.165, 1.54) is 0 Å². The van der Waals surface area contributed by atoms with Gasteiger partial charge in [0.1, 0.15) is 0 Å². The standard InChI is InChI=1S/C9H18N2O3S/c12-15(13,7-8-5-10-6-8)11-9-1-3-14-4-2-9/h8-11H,1-7H2. The summed E-state index contributed by atoms with van der Waals surface area (Å²) >= 11 is 0. The molecule has 0 aromatic heterocycles. The Bertz CT molecular complexity index is 294. The van der Waals surface area contributed by atoms with E-state index in [0.717, 1.165) is 25.9 Å². The van der Waals surface area contributed by atoms with Crippen LogP contribution in [0, 0.1) is 5.92 Å². The summed E-state index contributed by atoms with van der Waals surface area (Å²) < 4.78 is 31.4. The first-order valence-electron chi connectivity index (χ1n) is 5.44. The van der Waals surface area contributed by atoms with Gasteiger partial charge in [0.15, 0.2) is 0 Å². The number of ether oxygens (including phenoxy) is 1. The Hall–Kier alpha value is -0.170. The van der Waals surface area contributed by atoms with Gasteiger partial charge in [0.2, 0.25) is 10.0 Å². The predicted octanol–water partition coefficient (Wildman–Crippen LogP) is -0.696. The summed E-state index contributed by atoms with van der Waals surface area (Å²) in [6.07, 6.45) is 1.59. The van der Waals surface area contributed by atoms with Crippen molar-refractivity contribution in [2.45, 2.75) is 18.9 Å². The molecule has 6 heteroatoms. The second-order valence-corrected chi connectivity index (χ2v) is 6.11. The van der Waals surface area contributed by atoms with Crippen molar-refractivity contribution in [3.63, 3.8) is 0 Å². The quantitative estimate of drug-likeness (QED) is 0.675. The summed E-state index contributed by atoms with van der Waals surface area (Å²) in [7, 11) is -3.09. The highest BCUT2D eigenvalue weighted by molar-refractivity contribution is 7.89. The van der Waals surface area contributed by atoms with Crippen molar-refractivity contribution < 1.29 is 13.2 Å². The van der Waals surface area contributed by atoms with E-state index in [4.69, 9.17) is 4.74 Å². The molecule has 0 unspecified atom stereocenters. The van der Waals surface area contributed by atoms with E-state index in [2.05, 4.69) is 10.0 Å². The second kappa shape index (κ2) is 4.78. The van der Waals surface area contributed by atoms with Gasteiger partial charge in [-0.2, -0.15) is 0 Å². The Morgan fingerprint density at radius 2 is 1.93 bits per heavy atom. The number of nitrogens with one attached hydrogen (secondary N) is 2. The van der Waals surface area contributed by atoms with Crippen molar-refractivity contribution in [1.29, 1.82) is 0 Å². The van der Waals surface area contributed by atoms with Crippen LogP contribution in [0.4, 0.5) is 0 Å². The maximum Gasteiger partial charge on any atom is 0.212 e. The molecule has 2 N–H and O–H groups in total. The summed E-state index contributed by atoms with van der Waals surface area (Å²) in [5, 5.41) is 3.08. The fourth-order valence-corrected chi connectivity index (χ4v) is 3.59. The summed E-state index contributed by atoms with van der Waals surface area (Å²) in [4.78, 5) is 0. The average molecular weight is 234 g/mol. The van der Waals surface area contributed by atoms with Crippen LogP contribution in [0.3, 0.4) is 0 Å². The first-order valence-corrected chi connectivity index (χ1v) is 7.09. The number of hydrogen-bond acceptors (Lipinski definition) is 4. The molecule has 5 nitrogen and oxygen atoms in total. The summed E-state index contributed by atoms with van der Waals surface area (Å²) in [6, 6.07) is 0.0804. The second-order valence-electron chi connectivity index (χ2n) is 4.31. The molecule has 2 saturated heterocycles. The zero-order valence-electron chi connectivity index (χ0n) is 8.74. The van der Waals surface area contributed by atoms with Crippen molar-refractivity contribution in [1.82, 2.24) is 10.0 Å². The van der Waals surface area contributed by atoms with E-state index >= 15 is 0 Å². The Kier molecular flexibility index (Phi) is 3.60. The fraction of sp³-hybridized carbons (Fsp3) is 1.00. The van der Waals surface area contributed by atoms with E-state index in [0.29, 0.717) is 19.1 Å². The van der Waals surface area contributed by atoms with Crippen molar-refractivity contribution in [3.8, 4) is 0 Å². The van der Waals surface area contributed by atoms with Crippen LogP contribution < -0.4 is 10.0 Å². The van der Waals surface area contributed by atoms with Crippen molar-refractivity contribution in [2.75, 3.05) is 32.1 Å². The number of rotatable bonds is 4. The minimum atomic E-state index is -3.09. The van der Waals surface area contributed by atoms with Crippen LogP contribution in [0.2, 0.25) is 0 Å². The minimum absolute atomic E-state index is 0.0804. The van der Waals surface area contributed by atoms with E-state index in [-0.39, 0.29) is 11.8 Å². The normalized spacial score (nSPS) is 25.1. The van der Waals surface area contributed by atoms with Crippen molar-refractivity contribution >= 4 is 10.0 Å². The maximum absolute atomic E-state index is 11.7. The summed E-state index contributed by atoms with van der Waals surface area (Å²) in [5.74, 6) is 0.555. The molecule has 2 heterocycles. The molecule has 0 bridgehead atoms. The number of sulfonamides is 1. The zero-order chi connectivity index (χ0) is 10.7. The molecule has 2 fully saturated rings. The van der Waals surface area contributed by atoms with Crippen LogP contribution in [0.1, 0.15) is 12.8 Å². The lowest BCUT2D eigenvalue weighted by Gasteiger charge is -2.28. The minimum Gasteiger partial charge on any atom is -0.381 e. The average Bonchev–Trinajstić information content (AvgIpc) is 2.13. The monoisotopic (exact) mass is 234 g/mol. The fourth-order valence-electron chi connectivity index (χ4n) is 1.89. The molecule has 0 atom stereocenters. The third-order valence-corrected chi connectivity index (χ3v) is 4.49. The highest BCUT2D eigenvalue weighted by Gasteiger charge is 2.26. The summed E-state index contributed by atoms with van der Waals surface area (Å²) in [5.41, 5.74) is 0. The molecule has 88 valence electrons. The molecule has 0 saturated carbocycles. The van der Waals surface area contributed by atoms with Gasteiger partial charge < -0.3 is 10.1 Å². The molecule has 2 aliphatic heterocycles. The third kappa shape index (κ3) is 3.41. The SMILES string of the molecule is O=S(=O)(CC1CNC1)NC1CCOCC1. The Labute approximate surface area is 90.6 Å². The van der Waals surface area contributed by atoms with E-state index < -0.39 is 10.0 Å². The number of hydrogen-bond donors (Lipinski definition) is 2. The molecule has 0 aromatic rings. The van der Waals surface area contributed by atoms with Gasteiger partial charge in [0.25, 0.3) is 0 Å². The van der Waals surface area contributed by atoms with Gasteiger partial charge in [-0.05, 0) is 18.8 Å². The molecule has 0 aromatic carbocycles. The van der Waals surface area contributed by atoms with Gasteiger partial charge in [0, 0.05) is 32.3 Å². The van der Waals surface area contributed by atoms with E-state index in [1.54, 1.807) is 0 Å². The predicted molar refractivity (Wildman–Crippen MR) is 57.1 cm³/mol. The molecular weight excluding hydrogens is 216 g/mol. The van der Waals surface area contributed by atoms with Crippen LogP contribution in [-0.2, 0) is 14.8 Å². The molecule has 0 spiro atoms. The molecule has 0 amide bonds. The van der Waals surface area contributed by atoms with E-state index in [1.807, 2.05) is 0 Å². The van der Waals surface area contributed by atoms with Crippen molar-refractivity contribution in [2.24, 2.45) is 5.92 Å². The van der Waals surface area contributed by atoms with Gasteiger partial charge >= 0.3 is 0 Å². The Morgan fingerprint density at radius 3 is 2.47 bits per heavy atom. The van der Waals surface area contributed by atoms with Gasteiger partial charge in [-0.15, -0.1) is 0 Å². The van der Waals surface area contributed by atoms with Gasteiger partial charge in [-0.25, -0.2) is 13.1 Å². The highest BCUT2D eigenvalue weighted by atomic mass is 32.2. The van der Waals surface area contributed by atoms with Crippen LogP contribution in [0.15, 0.2) is 0 Å². The molecular formula is C9H18N2O3S. The zero-order valence-corrected chi connectivity index (χ0v) is 9.55. The molecule has 2 aliphatic rings. The first kappa shape index (κ1) is 11.3. The molecule has 0 aliphatic carbocycles. The lowest BCUT2D eigenvalue weighted by Crippen LogP contribution is -2.49. The van der Waals surface area contributed by atoms with Crippen molar-refractivity contribution in [3.05, 3.63) is 0 Å². The molecule has 2 rings (SSSR count). The molecule has 0 radical (unpaired) electrons. The maximum atomic E-state index is 11.7. The Morgan fingerprint density at radius 1 is 1.27 bits per heavy atom. The van der Waals surface area contributed by atoms with Crippen LogP contribution >= 0.6 is 0 Å². The topological polar surface area (TPSA) is 67.4 Å². The van der Waals surface area contributed by atoms with Gasteiger partial charge in [-0.3, -0.25) is 0 Å². The van der Waals surface area contributed by atoms with Crippen LogP contribution in [0.5, 0.6) is 0 Å².